The Bertz CT molecular complexity index is 594. The molecule has 0 bridgehead atoms. The largest absolute Gasteiger partial charge is 0.383 e. The van der Waals surface area contributed by atoms with Gasteiger partial charge in [0.2, 0.25) is 0 Å². The number of thiophene rings is 1. The van der Waals surface area contributed by atoms with E-state index in [4.69, 9.17) is 0 Å². The van der Waals surface area contributed by atoms with Gasteiger partial charge in [-0.15, -0.1) is 23.1 Å². The summed E-state index contributed by atoms with van der Waals surface area (Å²) < 4.78 is 0. The van der Waals surface area contributed by atoms with Gasteiger partial charge < -0.3 is 10.4 Å². The van der Waals surface area contributed by atoms with Gasteiger partial charge in [-0.1, -0.05) is 25.1 Å². The van der Waals surface area contributed by atoms with Crippen LogP contribution in [0.5, 0.6) is 0 Å². The Kier molecular flexibility index (Phi) is 5.45. The van der Waals surface area contributed by atoms with Crippen LogP contribution in [0.4, 0.5) is 0 Å². The van der Waals surface area contributed by atoms with Crippen molar-refractivity contribution >= 4 is 29.0 Å². The van der Waals surface area contributed by atoms with E-state index in [0.717, 1.165) is 15.5 Å². The zero-order valence-corrected chi connectivity index (χ0v) is 13.8. The van der Waals surface area contributed by atoms with Crippen molar-refractivity contribution in [3.05, 3.63) is 52.2 Å². The molecule has 0 aliphatic rings. The Morgan fingerprint density at radius 2 is 2.10 bits per heavy atom. The summed E-state index contributed by atoms with van der Waals surface area (Å²) in [7, 11) is 0. The fourth-order valence-electron chi connectivity index (χ4n) is 1.96. The van der Waals surface area contributed by atoms with Gasteiger partial charge in [0.05, 0.1) is 12.1 Å². The Balaban J connectivity index is 2.05. The van der Waals surface area contributed by atoms with Crippen molar-refractivity contribution in [1.82, 2.24) is 5.32 Å². The molecule has 0 aliphatic carbocycles. The van der Waals surface area contributed by atoms with Crippen LogP contribution in [0.3, 0.4) is 0 Å². The second kappa shape index (κ2) is 7.11. The van der Waals surface area contributed by atoms with Crippen LogP contribution in [0.15, 0.2) is 46.7 Å². The maximum Gasteiger partial charge on any atom is 0.252 e. The third-order valence-electron chi connectivity index (χ3n) is 3.08. The van der Waals surface area contributed by atoms with Gasteiger partial charge in [0.25, 0.3) is 5.91 Å². The number of hydrogen-bond acceptors (Lipinski definition) is 4. The summed E-state index contributed by atoms with van der Waals surface area (Å²) in [6, 6.07) is 11.3. The molecule has 112 valence electrons. The number of nitrogens with one attached hydrogen (secondary N) is 1. The predicted molar refractivity (Wildman–Crippen MR) is 89.1 cm³/mol. The van der Waals surface area contributed by atoms with Crippen molar-refractivity contribution in [3.63, 3.8) is 0 Å². The van der Waals surface area contributed by atoms with E-state index in [1.54, 1.807) is 18.7 Å². The molecule has 1 aromatic carbocycles. The highest BCUT2D eigenvalue weighted by molar-refractivity contribution is 7.99. The van der Waals surface area contributed by atoms with E-state index >= 15 is 0 Å². The molecule has 1 aromatic heterocycles. The normalized spacial score (nSPS) is 13.7. The van der Waals surface area contributed by atoms with Gasteiger partial charge in [-0.2, -0.15) is 0 Å². The summed E-state index contributed by atoms with van der Waals surface area (Å²) >= 11 is 3.12. The smallest absolute Gasteiger partial charge is 0.252 e. The molecule has 0 spiro atoms. The lowest BCUT2D eigenvalue weighted by Gasteiger charge is -2.22. The van der Waals surface area contributed by atoms with E-state index in [0.29, 0.717) is 5.56 Å². The minimum absolute atomic E-state index is 0.150. The highest BCUT2D eigenvalue weighted by Crippen LogP contribution is 2.25. The summed E-state index contributed by atoms with van der Waals surface area (Å²) in [4.78, 5) is 14.1. The number of carbonyl (C=O) groups excluding carboxylic acids is 1. The molecule has 1 heterocycles. The van der Waals surface area contributed by atoms with Crippen LogP contribution in [-0.4, -0.2) is 23.3 Å². The maximum absolute atomic E-state index is 12.3. The maximum atomic E-state index is 12.3. The first-order chi connectivity index (χ1) is 10.0. The second-order valence-corrected chi connectivity index (χ2v) is 7.12. The van der Waals surface area contributed by atoms with Crippen LogP contribution in [0, 0.1) is 0 Å². The van der Waals surface area contributed by atoms with Crippen molar-refractivity contribution < 1.29 is 9.90 Å². The van der Waals surface area contributed by atoms with Gasteiger partial charge in [0, 0.05) is 9.77 Å². The zero-order valence-electron chi connectivity index (χ0n) is 12.1. The van der Waals surface area contributed by atoms with Gasteiger partial charge in [0.15, 0.2) is 0 Å². The Morgan fingerprint density at radius 1 is 1.33 bits per heavy atom. The van der Waals surface area contributed by atoms with Crippen molar-refractivity contribution in [1.29, 1.82) is 0 Å². The van der Waals surface area contributed by atoms with Gasteiger partial charge in [-0.3, -0.25) is 4.79 Å². The van der Waals surface area contributed by atoms with E-state index in [-0.39, 0.29) is 12.5 Å². The quantitative estimate of drug-likeness (QED) is 0.801. The number of amides is 1. The number of thioether (sulfide) groups is 1. The van der Waals surface area contributed by atoms with Crippen LogP contribution in [0.2, 0.25) is 0 Å². The van der Waals surface area contributed by atoms with E-state index in [1.165, 1.54) is 11.3 Å². The number of hydrogen-bond donors (Lipinski definition) is 2. The SMILES string of the molecule is CCSc1ccccc1C(=O)NCC(C)(O)c1cccs1. The Hall–Kier alpha value is -1.30. The Morgan fingerprint density at radius 3 is 2.76 bits per heavy atom. The lowest BCUT2D eigenvalue weighted by Crippen LogP contribution is -2.38. The average molecular weight is 321 g/mol. The van der Waals surface area contributed by atoms with Crippen LogP contribution in [0.1, 0.15) is 29.1 Å². The first-order valence-electron chi connectivity index (χ1n) is 6.81. The van der Waals surface area contributed by atoms with Crippen molar-refractivity contribution in [2.24, 2.45) is 0 Å². The molecule has 1 unspecified atom stereocenters. The highest BCUT2D eigenvalue weighted by Gasteiger charge is 2.25. The van der Waals surface area contributed by atoms with Crippen molar-refractivity contribution in [3.8, 4) is 0 Å². The fourth-order valence-corrected chi connectivity index (χ4v) is 3.54. The standard InChI is InChI=1S/C16H19NO2S2/c1-3-20-13-8-5-4-7-12(13)15(18)17-11-16(2,19)14-9-6-10-21-14/h4-10,19H,3,11H2,1-2H3,(H,17,18). The van der Waals surface area contributed by atoms with Crippen LogP contribution >= 0.6 is 23.1 Å². The van der Waals surface area contributed by atoms with E-state index in [9.17, 15) is 9.90 Å². The van der Waals surface area contributed by atoms with Crippen LogP contribution in [0.25, 0.3) is 0 Å². The van der Waals surface area contributed by atoms with E-state index in [2.05, 4.69) is 12.2 Å². The number of carbonyl (C=O) groups is 1. The van der Waals surface area contributed by atoms with E-state index in [1.807, 2.05) is 41.8 Å². The van der Waals surface area contributed by atoms with Gasteiger partial charge in [-0.25, -0.2) is 0 Å². The predicted octanol–water partition coefficient (Wildman–Crippen LogP) is 3.50. The fraction of sp³-hybridized carbons (Fsp3) is 0.312. The molecule has 1 atom stereocenters. The van der Waals surface area contributed by atoms with Gasteiger partial charge >= 0.3 is 0 Å². The van der Waals surface area contributed by atoms with E-state index < -0.39 is 5.60 Å². The molecule has 0 saturated carbocycles. The molecule has 2 N–H and O–H groups in total. The average Bonchev–Trinajstić information content (AvgIpc) is 3.01. The summed E-state index contributed by atoms with van der Waals surface area (Å²) in [5.74, 6) is 0.764. The minimum Gasteiger partial charge on any atom is -0.383 e. The molecule has 0 saturated heterocycles. The third-order valence-corrected chi connectivity index (χ3v) is 5.16. The topological polar surface area (TPSA) is 49.3 Å². The highest BCUT2D eigenvalue weighted by atomic mass is 32.2. The molecular formula is C16H19NO2S2. The molecule has 5 heteroatoms. The molecular weight excluding hydrogens is 302 g/mol. The summed E-state index contributed by atoms with van der Waals surface area (Å²) in [5, 5.41) is 15.2. The van der Waals surface area contributed by atoms with Gasteiger partial charge in [-0.05, 0) is 36.3 Å². The Labute approximate surface area is 133 Å². The molecule has 2 rings (SSSR count). The van der Waals surface area contributed by atoms with Crippen molar-refractivity contribution in [2.45, 2.75) is 24.3 Å². The number of aliphatic hydroxyl groups is 1. The summed E-state index contributed by atoms with van der Waals surface area (Å²) in [6.45, 7) is 3.96. The zero-order chi connectivity index (χ0) is 15.3. The molecule has 3 nitrogen and oxygen atoms in total. The lowest BCUT2D eigenvalue weighted by atomic mass is 10.1. The first kappa shape index (κ1) is 16.1. The molecule has 21 heavy (non-hydrogen) atoms. The molecule has 0 fully saturated rings. The van der Waals surface area contributed by atoms with Crippen LogP contribution < -0.4 is 5.32 Å². The summed E-state index contributed by atoms with van der Waals surface area (Å²) in [5.41, 5.74) is -0.386. The van der Waals surface area contributed by atoms with Crippen LogP contribution in [-0.2, 0) is 5.60 Å². The summed E-state index contributed by atoms with van der Waals surface area (Å²) in [6.07, 6.45) is 0. The molecule has 0 radical (unpaired) electrons. The monoisotopic (exact) mass is 321 g/mol. The minimum atomic E-state index is -1.04. The van der Waals surface area contributed by atoms with Crippen molar-refractivity contribution in [2.75, 3.05) is 12.3 Å². The third kappa shape index (κ3) is 4.09. The first-order valence-corrected chi connectivity index (χ1v) is 8.67. The van der Waals surface area contributed by atoms with Gasteiger partial charge in [0.1, 0.15) is 5.60 Å². The molecule has 2 aromatic rings. The number of rotatable bonds is 6. The number of benzene rings is 1. The lowest BCUT2D eigenvalue weighted by molar-refractivity contribution is 0.0556. The second-order valence-electron chi connectivity index (χ2n) is 4.86. The molecule has 0 aliphatic heterocycles. The molecule has 1 amide bonds.